The number of piperidine rings is 1. The molecule has 0 atom stereocenters. The molecule has 27 heavy (non-hydrogen) atoms. The molecule has 0 amide bonds. The van der Waals surface area contributed by atoms with E-state index < -0.39 is 21.6 Å². The van der Waals surface area contributed by atoms with Gasteiger partial charge in [0, 0.05) is 32.7 Å². The first-order valence-electron chi connectivity index (χ1n) is 9.05. The molecule has 2 saturated heterocycles. The number of rotatable bonds is 5. The minimum absolute atomic E-state index is 0.133. The summed E-state index contributed by atoms with van der Waals surface area (Å²) < 4.78 is 37.0. The van der Waals surface area contributed by atoms with Crippen molar-refractivity contribution in [2.24, 2.45) is 0 Å². The van der Waals surface area contributed by atoms with Crippen LogP contribution >= 0.6 is 0 Å². The molecule has 0 radical (unpaired) electrons. The van der Waals surface area contributed by atoms with Gasteiger partial charge in [-0.25, -0.2) is 13.2 Å². The first-order chi connectivity index (χ1) is 12.8. The number of β-amino-alcohol motifs (C(OH)–C–C–N with tert-alkyl or cyclic N) is 1. The molecule has 0 saturated carbocycles. The SMILES string of the molecule is COC(=O)c1ccc(S(=O)(=O)N2CCC(O)(CN3CCOCC3)CC2)cc1. The van der Waals surface area contributed by atoms with Gasteiger partial charge in [0.15, 0.2) is 0 Å². The number of ether oxygens (including phenoxy) is 2. The second-order valence-electron chi connectivity index (χ2n) is 7.03. The predicted molar refractivity (Wildman–Crippen MR) is 98.0 cm³/mol. The van der Waals surface area contributed by atoms with Crippen molar-refractivity contribution in [2.75, 3.05) is 53.0 Å². The van der Waals surface area contributed by atoms with Gasteiger partial charge in [-0.1, -0.05) is 0 Å². The van der Waals surface area contributed by atoms with E-state index in [1.54, 1.807) is 0 Å². The Kier molecular flexibility index (Phi) is 6.17. The Balaban J connectivity index is 1.63. The van der Waals surface area contributed by atoms with Gasteiger partial charge in [-0.15, -0.1) is 0 Å². The molecule has 2 heterocycles. The summed E-state index contributed by atoms with van der Waals surface area (Å²) in [6.45, 7) is 3.98. The summed E-state index contributed by atoms with van der Waals surface area (Å²) in [6.07, 6.45) is 0.785. The Morgan fingerprint density at radius 1 is 1.15 bits per heavy atom. The molecule has 2 aliphatic heterocycles. The quantitative estimate of drug-likeness (QED) is 0.714. The Bertz CT molecular complexity index is 751. The maximum Gasteiger partial charge on any atom is 0.337 e. The standard InChI is InChI=1S/C18H26N2O6S/c1-25-17(21)15-2-4-16(5-3-15)27(23,24)20-8-6-18(22,7-9-20)14-19-10-12-26-13-11-19/h2-5,22H,6-14H2,1H3. The molecule has 0 spiro atoms. The highest BCUT2D eigenvalue weighted by atomic mass is 32.2. The minimum atomic E-state index is -3.66. The third kappa shape index (κ3) is 4.67. The molecule has 9 heteroatoms. The van der Waals surface area contributed by atoms with Crippen molar-refractivity contribution < 1.29 is 27.8 Å². The number of aliphatic hydroxyl groups is 1. The number of benzene rings is 1. The van der Waals surface area contributed by atoms with Crippen LogP contribution in [0.15, 0.2) is 29.2 Å². The average molecular weight is 398 g/mol. The van der Waals surface area contributed by atoms with E-state index >= 15 is 0 Å². The highest BCUT2D eigenvalue weighted by molar-refractivity contribution is 7.89. The fraction of sp³-hybridized carbons (Fsp3) is 0.611. The smallest absolute Gasteiger partial charge is 0.337 e. The Labute approximate surface area is 159 Å². The molecular weight excluding hydrogens is 372 g/mol. The zero-order valence-electron chi connectivity index (χ0n) is 15.5. The lowest BCUT2D eigenvalue weighted by molar-refractivity contribution is -0.0550. The van der Waals surface area contributed by atoms with Crippen molar-refractivity contribution in [1.29, 1.82) is 0 Å². The number of hydrogen-bond donors (Lipinski definition) is 1. The van der Waals surface area contributed by atoms with Crippen LogP contribution in [0.25, 0.3) is 0 Å². The molecular formula is C18H26N2O6S. The van der Waals surface area contributed by atoms with E-state index in [0.29, 0.717) is 38.2 Å². The average Bonchev–Trinajstić information content (AvgIpc) is 2.68. The van der Waals surface area contributed by atoms with E-state index in [4.69, 9.17) is 4.74 Å². The van der Waals surface area contributed by atoms with Gasteiger partial charge in [0.25, 0.3) is 0 Å². The summed E-state index contributed by atoms with van der Waals surface area (Å²) in [7, 11) is -2.38. The Morgan fingerprint density at radius 2 is 1.74 bits per heavy atom. The number of esters is 1. The maximum absolute atomic E-state index is 12.8. The van der Waals surface area contributed by atoms with Gasteiger partial charge in [-0.05, 0) is 37.1 Å². The number of hydrogen-bond acceptors (Lipinski definition) is 7. The largest absolute Gasteiger partial charge is 0.465 e. The van der Waals surface area contributed by atoms with E-state index in [-0.39, 0.29) is 18.0 Å². The minimum Gasteiger partial charge on any atom is -0.465 e. The molecule has 0 bridgehead atoms. The summed E-state index contributed by atoms with van der Waals surface area (Å²) in [6, 6.07) is 5.71. The molecule has 1 aromatic rings. The second kappa shape index (κ2) is 8.24. The van der Waals surface area contributed by atoms with Gasteiger partial charge < -0.3 is 14.6 Å². The second-order valence-corrected chi connectivity index (χ2v) is 8.97. The number of carbonyl (C=O) groups is 1. The van der Waals surface area contributed by atoms with Crippen LogP contribution in [0.1, 0.15) is 23.2 Å². The van der Waals surface area contributed by atoms with Crippen LogP contribution in [0.2, 0.25) is 0 Å². The van der Waals surface area contributed by atoms with Crippen LogP contribution in [-0.4, -0.2) is 87.3 Å². The Morgan fingerprint density at radius 3 is 2.30 bits per heavy atom. The predicted octanol–water partition coefficient (Wildman–Crippen LogP) is 0.321. The summed E-state index contributed by atoms with van der Waals surface area (Å²) in [5.41, 5.74) is -0.576. The van der Waals surface area contributed by atoms with Gasteiger partial charge in [0.1, 0.15) is 0 Å². The third-order valence-electron chi connectivity index (χ3n) is 5.19. The number of carbonyl (C=O) groups excluding carboxylic acids is 1. The number of methoxy groups -OCH3 is 1. The van der Waals surface area contributed by atoms with Crippen molar-refractivity contribution in [3.05, 3.63) is 29.8 Å². The Hall–Kier alpha value is -1.52. The number of morpholine rings is 1. The highest BCUT2D eigenvalue weighted by Gasteiger charge is 2.38. The normalized spacial score (nSPS) is 21.7. The van der Waals surface area contributed by atoms with Crippen molar-refractivity contribution in [3.63, 3.8) is 0 Å². The fourth-order valence-corrected chi connectivity index (χ4v) is 4.95. The summed E-state index contributed by atoms with van der Waals surface area (Å²) in [5.74, 6) is -0.509. The van der Waals surface area contributed by atoms with Gasteiger partial charge in [-0.2, -0.15) is 4.31 Å². The molecule has 2 fully saturated rings. The topological polar surface area (TPSA) is 96.4 Å². The van der Waals surface area contributed by atoms with Gasteiger partial charge in [-0.3, -0.25) is 4.90 Å². The molecule has 0 unspecified atom stereocenters. The van der Waals surface area contributed by atoms with E-state index in [1.807, 2.05) is 0 Å². The zero-order chi connectivity index (χ0) is 19.5. The lowest BCUT2D eigenvalue weighted by Crippen LogP contribution is -2.53. The van der Waals surface area contributed by atoms with Crippen molar-refractivity contribution in [3.8, 4) is 0 Å². The van der Waals surface area contributed by atoms with Crippen LogP contribution in [0.3, 0.4) is 0 Å². The molecule has 150 valence electrons. The van der Waals surface area contributed by atoms with Gasteiger partial charge >= 0.3 is 5.97 Å². The van der Waals surface area contributed by atoms with Crippen LogP contribution < -0.4 is 0 Å². The van der Waals surface area contributed by atoms with Crippen molar-refractivity contribution in [2.45, 2.75) is 23.3 Å². The monoisotopic (exact) mass is 398 g/mol. The van der Waals surface area contributed by atoms with Crippen LogP contribution in [-0.2, 0) is 19.5 Å². The summed E-state index contributed by atoms with van der Waals surface area (Å²) in [5, 5.41) is 10.8. The molecule has 1 aromatic carbocycles. The molecule has 0 aliphatic carbocycles. The van der Waals surface area contributed by atoms with Gasteiger partial charge in [0.05, 0.1) is 36.4 Å². The number of sulfonamides is 1. The summed E-state index contributed by atoms with van der Waals surface area (Å²) in [4.78, 5) is 13.8. The highest BCUT2D eigenvalue weighted by Crippen LogP contribution is 2.28. The van der Waals surface area contributed by atoms with E-state index in [2.05, 4.69) is 9.64 Å². The molecule has 2 aliphatic rings. The fourth-order valence-electron chi connectivity index (χ4n) is 3.51. The van der Waals surface area contributed by atoms with Crippen LogP contribution in [0, 0.1) is 0 Å². The number of nitrogens with zero attached hydrogens (tertiary/aromatic N) is 2. The molecule has 1 N–H and O–H groups in total. The third-order valence-corrected chi connectivity index (χ3v) is 7.10. The first kappa shape index (κ1) is 20.2. The molecule has 0 aromatic heterocycles. The van der Waals surface area contributed by atoms with Crippen LogP contribution in [0.5, 0.6) is 0 Å². The van der Waals surface area contributed by atoms with Crippen molar-refractivity contribution in [1.82, 2.24) is 9.21 Å². The first-order valence-corrected chi connectivity index (χ1v) is 10.5. The van der Waals surface area contributed by atoms with Crippen LogP contribution in [0.4, 0.5) is 0 Å². The molecule has 3 rings (SSSR count). The van der Waals surface area contributed by atoms with E-state index in [0.717, 1.165) is 13.1 Å². The lowest BCUT2D eigenvalue weighted by Gasteiger charge is -2.41. The van der Waals surface area contributed by atoms with Gasteiger partial charge in [0.2, 0.25) is 10.0 Å². The van der Waals surface area contributed by atoms with E-state index in [9.17, 15) is 18.3 Å². The molecule has 8 nitrogen and oxygen atoms in total. The zero-order valence-corrected chi connectivity index (χ0v) is 16.3. The van der Waals surface area contributed by atoms with Crippen molar-refractivity contribution >= 4 is 16.0 Å². The maximum atomic E-state index is 12.8. The summed E-state index contributed by atoms with van der Waals surface area (Å²) >= 11 is 0. The lowest BCUT2D eigenvalue weighted by atomic mass is 9.92. The van der Waals surface area contributed by atoms with E-state index in [1.165, 1.54) is 35.7 Å².